The zero-order valence-corrected chi connectivity index (χ0v) is 10.1. The molecule has 1 aromatic rings. The first kappa shape index (κ1) is 12.0. The number of carbonyl (C=O) groups is 1. The van der Waals surface area contributed by atoms with Crippen LogP contribution in [-0.4, -0.2) is 20.9 Å². The fraction of sp³-hybridized carbons (Fsp3) is 0.364. The second-order valence-corrected chi connectivity index (χ2v) is 5.35. The molecule has 1 amide bonds. The molecule has 0 saturated carbocycles. The summed E-state index contributed by atoms with van der Waals surface area (Å²) in [6.45, 7) is 2.07. The van der Waals surface area contributed by atoms with Gasteiger partial charge in [-0.1, -0.05) is 0 Å². The zero-order valence-electron chi connectivity index (χ0n) is 9.31. The summed E-state index contributed by atoms with van der Waals surface area (Å²) in [6, 6.07) is 3.98. The van der Waals surface area contributed by atoms with Gasteiger partial charge in [0.2, 0.25) is 5.91 Å². The van der Waals surface area contributed by atoms with Gasteiger partial charge in [0.25, 0.3) is 0 Å². The van der Waals surface area contributed by atoms with Crippen LogP contribution in [0.5, 0.6) is 0 Å². The Kier molecular flexibility index (Phi) is 2.91. The van der Waals surface area contributed by atoms with E-state index in [-0.39, 0.29) is 10.8 Å². The second kappa shape index (κ2) is 4.10. The fourth-order valence-electron chi connectivity index (χ4n) is 2.05. The van der Waals surface area contributed by atoms with Crippen molar-refractivity contribution in [3.8, 4) is 0 Å². The number of hydrogen-bond acceptors (Lipinski definition) is 3. The summed E-state index contributed by atoms with van der Waals surface area (Å²) in [6.07, 6.45) is 1.41. The molecule has 6 heteroatoms. The van der Waals surface area contributed by atoms with E-state index in [1.165, 1.54) is 25.1 Å². The molecule has 4 nitrogen and oxygen atoms in total. The van der Waals surface area contributed by atoms with Crippen molar-refractivity contribution in [1.29, 1.82) is 0 Å². The number of fused-ring (bicyclic) bond motifs is 1. The maximum Gasteiger partial charge on any atom is 0.332 e. The van der Waals surface area contributed by atoms with Crippen LogP contribution in [0.15, 0.2) is 23.1 Å². The van der Waals surface area contributed by atoms with Crippen LogP contribution in [0.25, 0.3) is 0 Å². The molecule has 2 rings (SSSR count). The smallest absolute Gasteiger partial charge is 0.312 e. The summed E-state index contributed by atoms with van der Waals surface area (Å²) in [4.78, 5) is 12.6. The lowest BCUT2D eigenvalue weighted by Crippen LogP contribution is -2.33. The number of halogens is 1. The van der Waals surface area contributed by atoms with Crippen molar-refractivity contribution in [2.24, 2.45) is 0 Å². The van der Waals surface area contributed by atoms with Crippen LogP contribution in [0.2, 0.25) is 0 Å². The molecule has 92 valence electrons. The van der Waals surface area contributed by atoms with Crippen LogP contribution in [0, 0.1) is 0 Å². The summed E-state index contributed by atoms with van der Waals surface area (Å²) in [5, 5.41) is 0. The Labute approximate surface area is 99.3 Å². The summed E-state index contributed by atoms with van der Waals surface area (Å²) in [7, 11) is -4.68. The minimum absolute atomic E-state index is 0.0956. The van der Waals surface area contributed by atoms with Gasteiger partial charge >= 0.3 is 10.2 Å². The molecule has 0 aliphatic carbocycles. The van der Waals surface area contributed by atoms with Gasteiger partial charge in [0.15, 0.2) is 0 Å². The van der Waals surface area contributed by atoms with Crippen molar-refractivity contribution in [3.63, 3.8) is 0 Å². The average Bonchev–Trinajstić information content (AvgIpc) is 2.26. The van der Waals surface area contributed by atoms with Gasteiger partial charge in [0, 0.05) is 19.2 Å². The molecule has 1 aliphatic heterocycles. The number of aryl methyl sites for hydroxylation is 1. The highest BCUT2D eigenvalue weighted by atomic mass is 32.3. The average molecular weight is 257 g/mol. The Hall–Kier alpha value is -1.43. The maximum atomic E-state index is 12.8. The van der Waals surface area contributed by atoms with Gasteiger partial charge in [-0.2, -0.15) is 8.42 Å². The molecule has 0 N–H and O–H groups in total. The molecule has 0 unspecified atom stereocenters. The van der Waals surface area contributed by atoms with Gasteiger partial charge < -0.3 is 4.90 Å². The molecule has 17 heavy (non-hydrogen) atoms. The standard InChI is InChI=1S/C11H12FNO3S/c1-8(14)13-6-2-3-9-7-10(17(12,15)16)4-5-11(9)13/h4-5,7H,2-3,6H2,1H3. The van der Waals surface area contributed by atoms with Gasteiger partial charge in [-0.05, 0) is 36.6 Å². The van der Waals surface area contributed by atoms with Gasteiger partial charge in [0.1, 0.15) is 0 Å². The monoisotopic (exact) mass is 257 g/mol. The highest BCUT2D eigenvalue weighted by Gasteiger charge is 2.22. The highest BCUT2D eigenvalue weighted by molar-refractivity contribution is 7.86. The topological polar surface area (TPSA) is 54.5 Å². The van der Waals surface area contributed by atoms with Gasteiger partial charge in [-0.15, -0.1) is 3.89 Å². The molecule has 0 aromatic heterocycles. The maximum absolute atomic E-state index is 12.8. The molecule has 1 heterocycles. The lowest BCUT2D eigenvalue weighted by molar-refractivity contribution is -0.116. The van der Waals surface area contributed by atoms with Gasteiger partial charge in [-0.25, -0.2) is 0 Å². The Balaban J connectivity index is 2.51. The summed E-state index contributed by atoms with van der Waals surface area (Å²) in [5.41, 5.74) is 1.38. The van der Waals surface area contributed by atoms with Crippen molar-refractivity contribution in [2.75, 3.05) is 11.4 Å². The zero-order chi connectivity index (χ0) is 12.6. The van der Waals surface area contributed by atoms with E-state index >= 15 is 0 Å². The molecule has 0 spiro atoms. The van der Waals surface area contributed by atoms with Crippen LogP contribution in [-0.2, 0) is 21.4 Å². The minimum Gasteiger partial charge on any atom is -0.312 e. The molecule has 0 radical (unpaired) electrons. The minimum atomic E-state index is -4.68. The number of carbonyl (C=O) groups excluding carboxylic acids is 1. The van der Waals surface area contributed by atoms with E-state index in [1.54, 1.807) is 4.90 Å². The number of rotatable bonds is 1. The third kappa shape index (κ3) is 2.31. The molecule has 0 fully saturated rings. The quantitative estimate of drug-likeness (QED) is 0.719. The molecule has 0 saturated heterocycles. The summed E-state index contributed by atoms with van der Waals surface area (Å²) >= 11 is 0. The molecular weight excluding hydrogens is 245 g/mol. The molecular formula is C11H12FNO3S. The fourth-order valence-corrected chi connectivity index (χ4v) is 2.57. The van der Waals surface area contributed by atoms with Crippen molar-refractivity contribution >= 4 is 21.8 Å². The number of anilines is 1. The SMILES string of the molecule is CC(=O)N1CCCc2cc(S(=O)(=O)F)ccc21. The third-order valence-corrected chi connectivity index (χ3v) is 3.65. The van der Waals surface area contributed by atoms with Crippen molar-refractivity contribution < 1.29 is 17.1 Å². The molecule has 0 bridgehead atoms. The van der Waals surface area contributed by atoms with Crippen LogP contribution < -0.4 is 4.90 Å². The van der Waals surface area contributed by atoms with Crippen molar-refractivity contribution in [1.82, 2.24) is 0 Å². The highest BCUT2D eigenvalue weighted by Crippen LogP contribution is 2.29. The number of amides is 1. The Morgan fingerprint density at radius 1 is 1.41 bits per heavy atom. The van der Waals surface area contributed by atoms with E-state index < -0.39 is 10.2 Å². The van der Waals surface area contributed by atoms with Crippen LogP contribution in [0.1, 0.15) is 18.9 Å². The predicted molar refractivity (Wildman–Crippen MR) is 61.1 cm³/mol. The number of benzene rings is 1. The number of hydrogen-bond donors (Lipinski definition) is 0. The third-order valence-electron chi connectivity index (χ3n) is 2.83. The first-order valence-electron chi connectivity index (χ1n) is 5.25. The first-order valence-corrected chi connectivity index (χ1v) is 6.63. The molecule has 1 aromatic carbocycles. The largest absolute Gasteiger partial charge is 0.332 e. The van der Waals surface area contributed by atoms with Crippen LogP contribution >= 0.6 is 0 Å². The van der Waals surface area contributed by atoms with E-state index in [4.69, 9.17) is 0 Å². The lowest BCUT2D eigenvalue weighted by atomic mass is 10.0. The van der Waals surface area contributed by atoms with E-state index in [1.807, 2.05) is 0 Å². The van der Waals surface area contributed by atoms with Gasteiger partial charge in [-0.3, -0.25) is 4.79 Å². The van der Waals surface area contributed by atoms with E-state index in [0.29, 0.717) is 24.2 Å². The van der Waals surface area contributed by atoms with Gasteiger partial charge in [0.05, 0.1) is 4.90 Å². The second-order valence-electron chi connectivity index (χ2n) is 4.00. The Morgan fingerprint density at radius 2 is 2.12 bits per heavy atom. The van der Waals surface area contributed by atoms with E-state index in [2.05, 4.69) is 0 Å². The summed E-state index contributed by atoms with van der Waals surface area (Å²) < 4.78 is 34.4. The van der Waals surface area contributed by atoms with Crippen LogP contribution in [0.4, 0.5) is 9.57 Å². The Bertz CT molecular complexity index is 568. The summed E-state index contributed by atoms with van der Waals surface area (Å²) in [5.74, 6) is -0.0956. The van der Waals surface area contributed by atoms with Crippen LogP contribution in [0.3, 0.4) is 0 Å². The van der Waals surface area contributed by atoms with E-state index in [0.717, 1.165) is 6.42 Å². The molecule has 0 atom stereocenters. The lowest BCUT2D eigenvalue weighted by Gasteiger charge is -2.28. The number of nitrogens with zero attached hydrogens (tertiary/aromatic N) is 1. The van der Waals surface area contributed by atoms with E-state index in [9.17, 15) is 17.1 Å². The van der Waals surface area contributed by atoms with Crippen molar-refractivity contribution in [3.05, 3.63) is 23.8 Å². The Morgan fingerprint density at radius 3 is 2.71 bits per heavy atom. The van der Waals surface area contributed by atoms with Crippen molar-refractivity contribution in [2.45, 2.75) is 24.7 Å². The first-order chi connectivity index (χ1) is 7.89. The molecule has 1 aliphatic rings. The predicted octanol–water partition coefficient (Wildman–Crippen LogP) is 1.64. The normalized spacial score (nSPS) is 15.5.